The van der Waals surface area contributed by atoms with E-state index in [0.29, 0.717) is 12.1 Å². The van der Waals surface area contributed by atoms with Gasteiger partial charge in [0.15, 0.2) is 0 Å². The Kier molecular flexibility index (Phi) is 4.27. The first kappa shape index (κ1) is 19.0. The summed E-state index contributed by atoms with van der Waals surface area (Å²) in [6, 6.07) is 1.14. The van der Waals surface area contributed by atoms with Crippen molar-refractivity contribution >= 4 is 18.6 Å². The van der Waals surface area contributed by atoms with Crippen molar-refractivity contribution in [1.82, 2.24) is 0 Å². The summed E-state index contributed by atoms with van der Waals surface area (Å²) in [4.78, 5) is 12.3. The average molecular weight is 366 g/mol. The number of esters is 1. The van der Waals surface area contributed by atoms with Gasteiger partial charge >= 0.3 is 13.1 Å². The molecule has 0 bridgehead atoms. The summed E-state index contributed by atoms with van der Waals surface area (Å²) in [7, 11) is -0.877. The molecule has 1 saturated heterocycles. The lowest BCUT2D eigenvalue weighted by Crippen LogP contribution is -2.45. The molecule has 3 rings (SSSR count). The smallest absolute Gasteiger partial charge is 0.494 e. The molecule has 26 heavy (non-hydrogen) atoms. The van der Waals surface area contributed by atoms with Gasteiger partial charge in [0, 0.05) is 19.9 Å². The number of benzene rings is 1. The van der Waals surface area contributed by atoms with Gasteiger partial charge in [0.05, 0.1) is 23.3 Å². The molecule has 0 unspecified atom stereocenters. The molecule has 2 heterocycles. The van der Waals surface area contributed by atoms with E-state index in [4.69, 9.17) is 23.5 Å². The maximum atomic E-state index is 14.6. The van der Waals surface area contributed by atoms with Crippen LogP contribution < -0.4 is 14.9 Å². The molecule has 8 heteroatoms. The minimum absolute atomic E-state index is 0.0354. The van der Waals surface area contributed by atoms with E-state index in [-0.39, 0.29) is 17.1 Å². The Balaban J connectivity index is 2.21. The molecule has 0 aliphatic carbocycles. The summed E-state index contributed by atoms with van der Waals surface area (Å²) in [5, 5.41) is 0. The number of rotatable bonds is 3. The van der Waals surface area contributed by atoms with E-state index in [0.717, 1.165) is 6.07 Å². The highest BCUT2D eigenvalue weighted by Gasteiger charge is 2.55. The topological polar surface area (TPSA) is 63.2 Å². The molecule has 2 aliphatic rings. The molecular weight excluding hydrogens is 342 g/mol. The van der Waals surface area contributed by atoms with Gasteiger partial charge in [-0.3, -0.25) is 0 Å². The van der Waals surface area contributed by atoms with Crippen LogP contribution in [0, 0.1) is 5.82 Å². The van der Waals surface area contributed by atoms with E-state index in [9.17, 15) is 9.18 Å². The van der Waals surface area contributed by atoms with Crippen molar-refractivity contribution in [3.8, 4) is 11.5 Å². The third-order valence-corrected chi connectivity index (χ3v) is 4.91. The van der Waals surface area contributed by atoms with Crippen LogP contribution in [-0.2, 0) is 14.0 Å². The molecule has 0 aromatic heterocycles. The number of halogens is 1. The zero-order valence-corrected chi connectivity index (χ0v) is 16.2. The fraction of sp³-hybridized carbons (Fsp3) is 0.611. The van der Waals surface area contributed by atoms with Crippen molar-refractivity contribution in [2.75, 3.05) is 6.61 Å². The van der Waals surface area contributed by atoms with Crippen molar-refractivity contribution in [3.63, 3.8) is 0 Å². The predicted molar refractivity (Wildman–Crippen MR) is 93.4 cm³/mol. The maximum Gasteiger partial charge on any atom is 0.502 e. The van der Waals surface area contributed by atoms with Crippen molar-refractivity contribution in [1.29, 1.82) is 0 Å². The van der Waals surface area contributed by atoms with Gasteiger partial charge in [0.2, 0.25) is 5.79 Å². The quantitative estimate of drug-likeness (QED) is 0.606. The Morgan fingerprint density at radius 3 is 2.19 bits per heavy atom. The van der Waals surface area contributed by atoms with E-state index in [1.54, 1.807) is 20.8 Å². The normalized spacial score (nSPS) is 22.5. The van der Waals surface area contributed by atoms with E-state index in [1.165, 1.54) is 0 Å². The minimum atomic E-state index is -1.25. The van der Waals surface area contributed by atoms with Gasteiger partial charge < -0.3 is 23.5 Å². The molecule has 0 spiro atoms. The van der Waals surface area contributed by atoms with Crippen LogP contribution in [-0.4, -0.2) is 36.7 Å². The molecule has 1 fully saturated rings. The van der Waals surface area contributed by atoms with E-state index < -0.39 is 35.9 Å². The number of fused-ring (bicyclic) bond motifs is 1. The second-order valence-corrected chi connectivity index (χ2v) is 7.89. The second kappa shape index (κ2) is 5.86. The fourth-order valence-corrected chi connectivity index (χ4v) is 2.92. The highest BCUT2D eigenvalue weighted by atomic mass is 19.1. The van der Waals surface area contributed by atoms with Gasteiger partial charge in [-0.1, -0.05) is 0 Å². The van der Waals surface area contributed by atoms with Crippen LogP contribution in [0.25, 0.3) is 0 Å². The minimum Gasteiger partial charge on any atom is -0.494 e. The summed E-state index contributed by atoms with van der Waals surface area (Å²) in [6.07, 6.45) is 0. The van der Waals surface area contributed by atoms with Crippen LogP contribution in [0.1, 0.15) is 58.8 Å². The average Bonchev–Trinajstić information content (AvgIpc) is 2.64. The predicted octanol–water partition coefficient (Wildman–Crippen LogP) is 2.81. The Morgan fingerprint density at radius 2 is 1.65 bits per heavy atom. The second-order valence-electron chi connectivity index (χ2n) is 7.89. The van der Waals surface area contributed by atoms with Gasteiger partial charge in [0.25, 0.3) is 0 Å². The summed E-state index contributed by atoms with van der Waals surface area (Å²) < 4.78 is 43.3. The van der Waals surface area contributed by atoms with Crippen molar-refractivity contribution < 1.29 is 32.7 Å². The molecule has 0 amide bonds. The molecule has 142 valence electrons. The highest BCUT2D eigenvalue weighted by Crippen LogP contribution is 2.41. The number of cyclic esters (lactones) is 1. The molecular formula is C18H24BFO6. The number of carbonyl (C=O) groups is 1. The molecule has 0 N–H and O–H groups in total. The lowest BCUT2D eigenvalue weighted by molar-refractivity contribution is -0.127. The Bertz CT molecular complexity index is 743. The van der Waals surface area contributed by atoms with Crippen LogP contribution in [0.2, 0.25) is 0 Å². The molecule has 6 nitrogen and oxygen atoms in total. The molecule has 0 atom stereocenters. The highest BCUT2D eigenvalue weighted by molar-refractivity contribution is 6.64. The van der Waals surface area contributed by atoms with Gasteiger partial charge in [-0.05, 0) is 34.6 Å². The SMILES string of the molecule is CCOc1cc(F)c2c(c1B1OC(C)(C)C(C)(C)O1)OC(C)(C)OC2=O. The van der Waals surface area contributed by atoms with Crippen molar-refractivity contribution in [2.45, 2.75) is 65.5 Å². The molecule has 0 saturated carbocycles. The van der Waals surface area contributed by atoms with Crippen LogP contribution >= 0.6 is 0 Å². The van der Waals surface area contributed by atoms with Crippen molar-refractivity contribution in [2.24, 2.45) is 0 Å². The van der Waals surface area contributed by atoms with Gasteiger partial charge in [0.1, 0.15) is 22.9 Å². The molecule has 1 aromatic rings. The third-order valence-electron chi connectivity index (χ3n) is 4.91. The van der Waals surface area contributed by atoms with Gasteiger partial charge in [-0.2, -0.15) is 0 Å². The lowest BCUT2D eigenvalue weighted by atomic mass is 9.76. The van der Waals surface area contributed by atoms with Crippen LogP contribution in [0.15, 0.2) is 6.07 Å². The van der Waals surface area contributed by atoms with E-state index in [1.807, 2.05) is 27.7 Å². The summed E-state index contributed by atoms with van der Waals surface area (Å²) in [6.45, 7) is 12.9. The molecule has 0 radical (unpaired) electrons. The van der Waals surface area contributed by atoms with Crippen molar-refractivity contribution in [3.05, 3.63) is 17.4 Å². The Morgan fingerprint density at radius 1 is 1.08 bits per heavy atom. The first-order valence-electron chi connectivity index (χ1n) is 8.66. The standard InChI is InChI=1S/C18H24BFO6/c1-8-22-11-9-10(20)12-14(23-18(6,7)24-15(12)21)13(11)19-25-16(2,3)17(4,5)26-19/h9H,8H2,1-7H3. The Hall–Kier alpha value is -1.80. The van der Waals surface area contributed by atoms with Crippen LogP contribution in [0.5, 0.6) is 11.5 Å². The van der Waals surface area contributed by atoms with Crippen LogP contribution in [0.3, 0.4) is 0 Å². The zero-order valence-electron chi connectivity index (χ0n) is 16.2. The molecule has 1 aromatic carbocycles. The maximum absolute atomic E-state index is 14.6. The Labute approximate surface area is 153 Å². The third kappa shape index (κ3) is 2.95. The first-order valence-corrected chi connectivity index (χ1v) is 8.66. The lowest BCUT2D eigenvalue weighted by Gasteiger charge is -2.33. The van der Waals surface area contributed by atoms with E-state index >= 15 is 0 Å². The summed E-state index contributed by atoms with van der Waals surface area (Å²) >= 11 is 0. The number of hydrogen-bond donors (Lipinski definition) is 0. The molecule has 2 aliphatic heterocycles. The summed E-state index contributed by atoms with van der Waals surface area (Å²) in [5.74, 6) is -2.57. The largest absolute Gasteiger partial charge is 0.502 e. The number of hydrogen-bond acceptors (Lipinski definition) is 6. The first-order chi connectivity index (χ1) is 11.9. The van der Waals surface area contributed by atoms with Gasteiger partial charge in [-0.25, -0.2) is 9.18 Å². The monoisotopic (exact) mass is 366 g/mol. The van der Waals surface area contributed by atoms with E-state index in [2.05, 4.69) is 0 Å². The number of carbonyl (C=O) groups excluding carboxylic acids is 1. The number of ether oxygens (including phenoxy) is 3. The fourth-order valence-electron chi connectivity index (χ4n) is 2.92. The van der Waals surface area contributed by atoms with Crippen LogP contribution in [0.4, 0.5) is 4.39 Å². The van der Waals surface area contributed by atoms with Gasteiger partial charge in [-0.15, -0.1) is 0 Å². The zero-order chi connectivity index (χ0) is 19.5. The summed E-state index contributed by atoms with van der Waals surface area (Å²) in [5.41, 5.74) is -1.16.